The van der Waals surface area contributed by atoms with Crippen LogP contribution in [0.3, 0.4) is 0 Å². The summed E-state index contributed by atoms with van der Waals surface area (Å²) in [6.45, 7) is -0.125. The number of aldehydes is 1. The number of rotatable bonds is 4. The second kappa shape index (κ2) is 5.80. The minimum Gasteiger partial charge on any atom is -0.486 e. The van der Waals surface area contributed by atoms with Crippen LogP contribution in [0.25, 0.3) is 0 Å². The number of carbonyl (C=O) groups excluding carboxylic acids is 1. The van der Waals surface area contributed by atoms with Crippen LogP contribution in [0.2, 0.25) is 5.02 Å². The Labute approximate surface area is 113 Å². The Morgan fingerprint density at radius 3 is 2.53 bits per heavy atom. The Morgan fingerprint density at radius 2 is 1.89 bits per heavy atom. The summed E-state index contributed by atoms with van der Waals surface area (Å²) in [5.41, 5.74) is 0.478. The molecule has 0 saturated heterocycles. The Bertz CT molecular complexity index is 614. The van der Waals surface area contributed by atoms with Crippen LogP contribution in [-0.4, -0.2) is 6.29 Å². The van der Waals surface area contributed by atoms with Crippen molar-refractivity contribution in [1.82, 2.24) is 0 Å². The molecule has 0 unspecified atom stereocenters. The first kappa shape index (κ1) is 13.5. The zero-order chi connectivity index (χ0) is 13.8. The van der Waals surface area contributed by atoms with Crippen LogP contribution in [0.5, 0.6) is 5.75 Å². The molecule has 0 atom stereocenters. The van der Waals surface area contributed by atoms with Crippen LogP contribution in [-0.2, 0) is 6.61 Å². The molecule has 2 aromatic carbocycles. The van der Waals surface area contributed by atoms with E-state index in [1.54, 1.807) is 0 Å². The average Bonchev–Trinajstić information content (AvgIpc) is 2.39. The summed E-state index contributed by atoms with van der Waals surface area (Å²) in [7, 11) is 0. The summed E-state index contributed by atoms with van der Waals surface area (Å²) in [5, 5.41) is 0.280. The lowest BCUT2D eigenvalue weighted by molar-refractivity contribution is 0.112. The van der Waals surface area contributed by atoms with Crippen molar-refractivity contribution in [2.45, 2.75) is 6.61 Å². The first-order valence-electron chi connectivity index (χ1n) is 5.41. The van der Waals surface area contributed by atoms with Crippen molar-refractivity contribution in [3.63, 3.8) is 0 Å². The van der Waals surface area contributed by atoms with Gasteiger partial charge >= 0.3 is 0 Å². The molecule has 0 fully saturated rings. The summed E-state index contributed by atoms with van der Waals surface area (Å²) in [6, 6.07) is 7.95. The molecule has 0 aliphatic carbocycles. The van der Waals surface area contributed by atoms with Gasteiger partial charge in [-0.05, 0) is 30.3 Å². The van der Waals surface area contributed by atoms with Gasteiger partial charge in [-0.15, -0.1) is 0 Å². The van der Waals surface area contributed by atoms with Gasteiger partial charge in [0.25, 0.3) is 0 Å². The van der Waals surface area contributed by atoms with Gasteiger partial charge in [0.1, 0.15) is 18.7 Å². The molecule has 0 bridgehead atoms. The number of benzene rings is 2. The molecule has 5 heteroatoms. The lowest BCUT2D eigenvalue weighted by Gasteiger charge is -2.08. The number of hydrogen-bond donors (Lipinski definition) is 0. The monoisotopic (exact) mass is 282 g/mol. The second-order valence-electron chi connectivity index (χ2n) is 3.83. The van der Waals surface area contributed by atoms with E-state index >= 15 is 0 Å². The third-order valence-electron chi connectivity index (χ3n) is 2.49. The van der Waals surface area contributed by atoms with Crippen LogP contribution < -0.4 is 4.74 Å². The molecule has 98 valence electrons. The van der Waals surface area contributed by atoms with Gasteiger partial charge in [-0.3, -0.25) is 4.79 Å². The molecule has 19 heavy (non-hydrogen) atoms. The zero-order valence-electron chi connectivity index (χ0n) is 9.70. The largest absolute Gasteiger partial charge is 0.486 e. The normalized spacial score (nSPS) is 10.3. The maximum atomic E-state index is 13.5. The smallest absolute Gasteiger partial charge is 0.165 e. The van der Waals surface area contributed by atoms with Gasteiger partial charge in [-0.25, -0.2) is 8.78 Å². The molecule has 0 aliphatic rings. The van der Waals surface area contributed by atoms with Gasteiger partial charge in [0, 0.05) is 16.1 Å². The molecule has 0 aliphatic heterocycles. The Morgan fingerprint density at radius 1 is 1.11 bits per heavy atom. The van der Waals surface area contributed by atoms with Gasteiger partial charge in [0.05, 0.1) is 0 Å². The molecule has 0 N–H and O–H groups in total. The molecular formula is C14H9ClF2O2. The quantitative estimate of drug-likeness (QED) is 0.792. The fourth-order valence-corrected chi connectivity index (χ4v) is 1.66. The summed E-state index contributed by atoms with van der Waals surface area (Å²) in [5.74, 6) is -1.23. The van der Waals surface area contributed by atoms with Crippen LogP contribution in [0.4, 0.5) is 8.78 Å². The average molecular weight is 283 g/mol. The van der Waals surface area contributed by atoms with E-state index in [9.17, 15) is 13.6 Å². The first-order chi connectivity index (χ1) is 9.10. The highest BCUT2D eigenvalue weighted by Crippen LogP contribution is 2.21. The van der Waals surface area contributed by atoms with Crippen molar-refractivity contribution >= 4 is 17.9 Å². The molecule has 2 rings (SSSR count). The van der Waals surface area contributed by atoms with E-state index < -0.39 is 11.6 Å². The van der Waals surface area contributed by atoms with E-state index in [0.717, 1.165) is 12.1 Å². The molecule has 0 aromatic heterocycles. The molecular weight excluding hydrogens is 274 g/mol. The van der Waals surface area contributed by atoms with Gasteiger partial charge < -0.3 is 4.74 Å². The van der Waals surface area contributed by atoms with E-state index in [-0.39, 0.29) is 28.5 Å². The predicted octanol–water partition coefficient (Wildman–Crippen LogP) is 4.01. The lowest BCUT2D eigenvalue weighted by atomic mass is 10.2. The van der Waals surface area contributed by atoms with Crippen molar-refractivity contribution in [2.75, 3.05) is 0 Å². The maximum absolute atomic E-state index is 13.5. The van der Waals surface area contributed by atoms with Gasteiger partial charge in [-0.2, -0.15) is 0 Å². The fourth-order valence-electron chi connectivity index (χ4n) is 1.50. The van der Waals surface area contributed by atoms with Gasteiger partial charge in [-0.1, -0.05) is 17.7 Å². The SMILES string of the molecule is O=Cc1ccc(OCc2ccc(Cl)cc2F)c(F)c1. The Hall–Kier alpha value is -1.94. The van der Waals surface area contributed by atoms with E-state index in [2.05, 4.69) is 0 Å². The molecule has 0 heterocycles. The van der Waals surface area contributed by atoms with Crippen molar-refractivity contribution in [1.29, 1.82) is 0 Å². The second-order valence-corrected chi connectivity index (χ2v) is 4.27. The highest BCUT2D eigenvalue weighted by molar-refractivity contribution is 6.30. The third kappa shape index (κ3) is 3.29. The summed E-state index contributed by atoms with van der Waals surface area (Å²) in [6.07, 6.45) is 0.533. The van der Waals surface area contributed by atoms with Gasteiger partial charge in [0.2, 0.25) is 0 Å². The summed E-state index contributed by atoms with van der Waals surface area (Å²) >= 11 is 5.62. The molecule has 2 nitrogen and oxygen atoms in total. The Balaban J connectivity index is 2.12. The first-order valence-corrected chi connectivity index (χ1v) is 5.79. The van der Waals surface area contributed by atoms with E-state index in [1.165, 1.54) is 24.3 Å². The third-order valence-corrected chi connectivity index (χ3v) is 2.73. The zero-order valence-corrected chi connectivity index (χ0v) is 10.5. The molecule has 0 saturated carbocycles. The van der Waals surface area contributed by atoms with Crippen LogP contribution in [0, 0.1) is 11.6 Å². The highest BCUT2D eigenvalue weighted by atomic mass is 35.5. The Kier molecular flexibility index (Phi) is 4.12. The predicted molar refractivity (Wildman–Crippen MR) is 67.5 cm³/mol. The standard InChI is InChI=1S/C14H9ClF2O2/c15-11-3-2-10(12(16)6-11)8-19-14-4-1-9(7-18)5-13(14)17/h1-7H,8H2. The molecule has 0 spiro atoms. The van der Waals surface area contributed by atoms with Crippen molar-refractivity contribution in [2.24, 2.45) is 0 Å². The van der Waals surface area contributed by atoms with Crippen molar-refractivity contribution < 1.29 is 18.3 Å². The van der Waals surface area contributed by atoms with E-state index in [4.69, 9.17) is 16.3 Å². The van der Waals surface area contributed by atoms with Crippen LogP contribution in [0.1, 0.15) is 15.9 Å². The molecule has 0 radical (unpaired) electrons. The number of halogens is 3. The fraction of sp³-hybridized carbons (Fsp3) is 0.0714. The topological polar surface area (TPSA) is 26.3 Å². The van der Waals surface area contributed by atoms with Crippen LogP contribution >= 0.6 is 11.6 Å². The van der Waals surface area contributed by atoms with E-state index in [0.29, 0.717) is 6.29 Å². The lowest BCUT2D eigenvalue weighted by Crippen LogP contribution is -2.00. The number of carbonyl (C=O) groups is 1. The summed E-state index contributed by atoms with van der Waals surface area (Å²) in [4.78, 5) is 10.5. The number of hydrogen-bond acceptors (Lipinski definition) is 2. The molecule has 0 amide bonds. The van der Waals surface area contributed by atoms with Crippen LogP contribution in [0.15, 0.2) is 36.4 Å². The highest BCUT2D eigenvalue weighted by Gasteiger charge is 2.07. The van der Waals surface area contributed by atoms with Crippen molar-refractivity contribution in [3.8, 4) is 5.75 Å². The number of ether oxygens (including phenoxy) is 1. The van der Waals surface area contributed by atoms with Crippen molar-refractivity contribution in [3.05, 3.63) is 64.2 Å². The van der Waals surface area contributed by atoms with Gasteiger partial charge in [0.15, 0.2) is 11.6 Å². The molecule has 2 aromatic rings. The minimum atomic E-state index is -0.668. The summed E-state index contributed by atoms with van der Waals surface area (Å²) < 4.78 is 32.1. The minimum absolute atomic E-state index is 0.0417. The maximum Gasteiger partial charge on any atom is 0.165 e. The van der Waals surface area contributed by atoms with E-state index in [1.807, 2.05) is 0 Å².